The van der Waals surface area contributed by atoms with Crippen molar-refractivity contribution >= 4 is 53.3 Å². The van der Waals surface area contributed by atoms with Gasteiger partial charge in [0, 0.05) is 52.8 Å². The highest BCUT2D eigenvalue weighted by atomic mass is 32.2. The summed E-state index contributed by atoms with van der Waals surface area (Å²) in [6.45, 7) is 12.4. The zero-order valence-electron chi connectivity index (χ0n) is 25.2. The second kappa shape index (κ2) is 20.9. The Hall–Kier alpha value is -3.90. The lowest BCUT2D eigenvalue weighted by Gasteiger charge is -2.10. The molecule has 0 aliphatic heterocycles. The zero-order chi connectivity index (χ0) is 32.2. The molecule has 0 aliphatic rings. The molecule has 0 aromatic heterocycles. The Morgan fingerprint density at radius 1 is 0.750 bits per heavy atom. The van der Waals surface area contributed by atoms with Crippen molar-refractivity contribution in [2.45, 2.75) is 26.8 Å². The summed E-state index contributed by atoms with van der Waals surface area (Å²) in [5.74, 6) is 0.848. The predicted octanol–water partition coefficient (Wildman–Crippen LogP) is 5.70. The number of rotatable bonds is 19. The van der Waals surface area contributed by atoms with E-state index in [1.165, 1.54) is 23.5 Å². The normalized spacial score (nSPS) is 10.3. The molecule has 0 aliphatic carbocycles. The first-order chi connectivity index (χ1) is 21.2. The summed E-state index contributed by atoms with van der Waals surface area (Å²) in [7, 11) is 0. The largest absolute Gasteiger partial charge is 0.463 e. The molecule has 0 spiro atoms. The van der Waals surface area contributed by atoms with Crippen LogP contribution in [0.3, 0.4) is 0 Å². The Labute approximate surface area is 267 Å². The predicted molar refractivity (Wildman–Crippen MR) is 175 cm³/mol. The number of esters is 2. The number of carbonyl (C=O) groups excluding carboxylic acids is 4. The molecule has 0 atom stereocenters. The topological polar surface area (TPSA) is 129 Å². The summed E-state index contributed by atoms with van der Waals surface area (Å²) in [6.07, 6.45) is -0.644. The monoisotopic (exact) mass is 644 g/mol. The van der Waals surface area contributed by atoms with Crippen molar-refractivity contribution in [1.29, 1.82) is 0 Å². The minimum absolute atomic E-state index is 0.148. The number of alkyl carbamates (subject to hydrolysis) is 1. The Kier molecular flexibility index (Phi) is 17.2. The number of amides is 2. The third kappa shape index (κ3) is 15.5. The fraction of sp³-hybridized carbons (Fsp3) is 0.375. The number of aryl methyl sites for hydroxylation is 1. The van der Waals surface area contributed by atoms with Gasteiger partial charge in [0.05, 0.1) is 13.2 Å². The van der Waals surface area contributed by atoms with Crippen molar-refractivity contribution in [1.82, 2.24) is 5.32 Å². The molecule has 0 fully saturated rings. The van der Waals surface area contributed by atoms with Gasteiger partial charge in [0.1, 0.15) is 13.2 Å². The molecule has 0 bridgehead atoms. The van der Waals surface area contributed by atoms with Crippen molar-refractivity contribution in [2.75, 3.05) is 54.8 Å². The highest BCUT2D eigenvalue weighted by molar-refractivity contribution is 7.99. The Morgan fingerprint density at radius 3 is 2.00 bits per heavy atom. The van der Waals surface area contributed by atoms with Gasteiger partial charge in [-0.3, -0.25) is 5.32 Å². The van der Waals surface area contributed by atoms with Crippen LogP contribution in [0.5, 0.6) is 0 Å². The number of carbonyl (C=O) groups is 4. The van der Waals surface area contributed by atoms with Crippen LogP contribution in [-0.2, 0) is 41.5 Å². The third-order valence-corrected chi connectivity index (χ3v) is 7.70. The van der Waals surface area contributed by atoms with Gasteiger partial charge in [0.25, 0.3) is 0 Å². The minimum atomic E-state index is -0.597. The number of ether oxygens (including phenoxy) is 4. The zero-order valence-corrected chi connectivity index (χ0v) is 26.8. The van der Waals surface area contributed by atoms with E-state index in [2.05, 4.69) is 23.8 Å². The van der Waals surface area contributed by atoms with Crippen LogP contribution in [0, 0.1) is 6.92 Å². The van der Waals surface area contributed by atoms with Crippen molar-refractivity contribution in [2.24, 2.45) is 0 Å². The molecule has 2 rings (SSSR count). The first-order valence-electron chi connectivity index (χ1n) is 14.0. The first-order valence-corrected chi connectivity index (χ1v) is 16.3. The van der Waals surface area contributed by atoms with Crippen LogP contribution in [-0.4, -0.2) is 73.6 Å². The van der Waals surface area contributed by atoms with Crippen LogP contribution in [0.4, 0.5) is 15.3 Å². The van der Waals surface area contributed by atoms with Gasteiger partial charge in [-0.2, -0.15) is 23.5 Å². The molecule has 0 unspecified atom stereocenters. The quantitative estimate of drug-likeness (QED) is 0.0851. The molecule has 2 amide bonds. The Bertz CT molecular complexity index is 1270. The molecule has 12 heteroatoms. The first kappa shape index (κ1) is 36.3. The summed E-state index contributed by atoms with van der Waals surface area (Å²) in [5.41, 5.74) is 4.24. The Morgan fingerprint density at radius 2 is 1.36 bits per heavy atom. The molecular weight excluding hydrogens is 604 g/mol. The molecule has 0 radical (unpaired) electrons. The van der Waals surface area contributed by atoms with E-state index in [1.54, 1.807) is 25.1 Å². The molecule has 2 aromatic carbocycles. The molecule has 0 saturated heterocycles. The maximum absolute atomic E-state index is 12.3. The smallest absolute Gasteiger partial charge is 0.411 e. The summed E-state index contributed by atoms with van der Waals surface area (Å²) in [6, 6.07) is 15.0. The van der Waals surface area contributed by atoms with Gasteiger partial charge in [-0.05, 0) is 37.1 Å². The van der Waals surface area contributed by atoms with E-state index in [4.69, 9.17) is 18.9 Å². The fourth-order valence-corrected chi connectivity index (χ4v) is 4.80. The number of thioether (sulfide) groups is 2. The van der Waals surface area contributed by atoms with Crippen molar-refractivity contribution in [3.8, 4) is 0 Å². The van der Waals surface area contributed by atoms with E-state index in [9.17, 15) is 19.2 Å². The number of anilines is 1. The van der Waals surface area contributed by atoms with E-state index in [0.717, 1.165) is 16.7 Å². The SMILES string of the molecule is C=C(CSCCOC(=O)Nc1cccc(CCOC(=O)C(=C)CSCCOC(=O)NCc2ccc(C)cc2)c1)C(=O)OCC. The molecule has 0 heterocycles. The molecule has 10 nitrogen and oxygen atoms in total. The molecule has 2 aromatic rings. The van der Waals surface area contributed by atoms with E-state index in [1.807, 2.05) is 37.3 Å². The average molecular weight is 645 g/mol. The van der Waals surface area contributed by atoms with Crippen LogP contribution in [0.25, 0.3) is 0 Å². The summed E-state index contributed by atoms with van der Waals surface area (Å²) < 4.78 is 20.5. The molecule has 44 heavy (non-hydrogen) atoms. The maximum atomic E-state index is 12.3. The van der Waals surface area contributed by atoms with Crippen molar-refractivity contribution < 1.29 is 38.1 Å². The summed E-state index contributed by atoms with van der Waals surface area (Å²) in [4.78, 5) is 47.7. The number of hydrogen-bond acceptors (Lipinski definition) is 10. The highest BCUT2D eigenvalue weighted by Gasteiger charge is 2.11. The Balaban J connectivity index is 1.55. The minimum Gasteiger partial charge on any atom is -0.463 e. The number of nitrogens with one attached hydrogen (secondary N) is 2. The van der Waals surface area contributed by atoms with Crippen LogP contribution in [0.2, 0.25) is 0 Å². The van der Waals surface area contributed by atoms with Crippen LogP contribution in [0.1, 0.15) is 23.6 Å². The summed E-state index contributed by atoms with van der Waals surface area (Å²) >= 11 is 2.83. The molecular formula is C32H40N2O8S2. The van der Waals surface area contributed by atoms with E-state index >= 15 is 0 Å². The van der Waals surface area contributed by atoms with E-state index in [0.29, 0.717) is 59.4 Å². The lowest BCUT2D eigenvalue weighted by Crippen LogP contribution is -2.24. The molecule has 2 N–H and O–H groups in total. The highest BCUT2D eigenvalue weighted by Crippen LogP contribution is 2.14. The van der Waals surface area contributed by atoms with Crippen molar-refractivity contribution in [3.05, 3.63) is 89.5 Å². The lowest BCUT2D eigenvalue weighted by atomic mass is 10.1. The second-order valence-electron chi connectivity index (χ2n) is 9.36. The fourth-order valence-electron chi connectivity index (χ4n) is 3.38. The maximum Gasteiger partial charge on any atom is 0.411 e. The summed E-state index contributed by atoms with van der Waals surface area (Å²) in [5, 5.41) is 5.37. The lowest BCUT2D eigenvalue weighted by molar-refractivity contribution is -0.139. The standard InChI is InChI=1S/C32H40N2O8S2/c1-5-39-29(35)24(3)21-44-18-16-42-32(38)34-28-8-6-7-26(19-28)13-14-40-30(36)25(4)22-43-17-15-41-31(37)33-20-27-11-9-23(2)10-12-27/h6-12,19H,3-5,13-18,20-22H2,1-2H3,(H,33,37)(H,34,38). The van der Waals surface area contributed by atoms with Gasteiger partial charge in [-0.15, -0.1) is 0 Å². The average Bonchev–Trinajstić information content (AvgIpc) is 3.00. The van der Waals surface area contributed by atoms with Gasteiger partial charge in [0.2, 0.25) is 0 Å². The van der Waals surface area contributed by atoms with Crippen LogP contribution in [0.15, 0.2) is 72.8 Å². The van der Waals surface area contributed by atoms with Crippen molar-refractivity contribution in [3.63, 3.8) is 0 Å². The van der Waals surface area contributed by atoms with E-state index in [-0.39, 0.29) is 19.8 Å². The molecule has 0 saturated carbocycles. The second-order valence-corrected chi connectivity index (χ2v) is 11.6. The van der Waals surface area contributed by atoms with Gasteiger partial charge >= 0.3 is 24.1 Å². The van der Waals surface area contributed by atoms with Crippen LogP contribution < -0.4 is 10.6 Å². The van der Waals surface area contributed by atoms with E-state index < -0.39 is 24.1 Å². The number of benzene rings is 2. The third-order valence-electron chi connectivity index (χ3n) is 5.68. The number of hydrogen-bond donors (Lipinski definition) is 2. The van der Waals surface area contributed by atoms with Gasteiger partial charge in [-0.1, -0.05) is 55.1 Å². The van der Waals surface area contributed by atoms with Gasteiger partial charge in [-0.25, -0.2) is 19.2 Å². The van der Waals surface area contributed by atoms with Gasteiger partial charge in [0.15, 0.2) is 0 Å². The van der Waals surface area contributed by atoms with Gasteiger partial charge < -0.3 is 24.3 Å². The van der Waals surface area contributed by atoms with Crippen LogP contribution >= 0.6 is 23.5 Å². The molecule has 238 valence electrons.